The van der Waals surface area contributed by atoms with Gasteiger partial charge in [-0.2, -0.15) is 10.2 Å². The van der Waals surface area contributed by atoms with E-state index >= 15 is 0 Å². The van der Waals surface area contributed by atoms with Crippen LogP contribution in [0.1, 0.15) is 6.92 Å². The number of amides is 1. The van der Waals surface area contributed by atoms with E-state index in [-0.39, 0.29) is 27.2 Å². The van der Waals surface area contributed by atoms with Crippen LogP contribution in [0, 0.1) is 0 Å². The third kappa shape index (κ3) is 5.77. The highest BCUT2D eigenvalue weighted by Crippen LogP contribution is 2.38. The summed E-state index contributed by atoms with van der Waals surface area (Å²) in [4.78, 5) is 24.8. The number of hydrogen-bond donors (Lipinski definition) is 1. The minimum atomic E-state index is -1.45. The van der Waals surface area contributed by atoms with E-state index in [1.807, 2.05) is 0 Å². The number of azo groups is 1. The second-order valence-corrected chi connectivity index (χ2v) is 6.88. The first kappa shape index (κ1) is 24.2. The fraction of sp³-hybridized carbons (Fsp3) is 0.300. The van der Waals surface area contributed by atoms with Crippen LogP contribution in [0.5, 0.6) is 23.0 Å². The fourth-order valence-electron chi connectivity index (χ4n) is 2.51. The lowest BCUT2D eigenvalue weighted by Gasteiger charge is -2.15. The molecule has 0 aliphatic carbocycles. The number of benzene rings is 2. The van der Waals surface area contributed by atoms with Crippen molar-refractivity contribution in [3.8, 4) is 23.0 Å². The van der Waals surface area contributed by atoms with E-state index in [2.05, 4.69) is 15.5 Å². The second-order valence-electron chi connectivity index (χ2n) is 6.06. The molecule has 0 bridgehead atoms. The number of rotatable bonds is 9. The molecule has 11 heteroatoms. The second kappa shape index (κ2) is 10.8. The maximum absolute atomic E-state index is 12.7. The average Bonchev–Trinajstić information content (AvgIpc) is 2.75. The number of carbonyl (C=O) groups is 2. The monoisotopic (exact) mass is 469 g/mol. The molecule has 0 aliphatic heterocycles. The lowest BCUT2D eigenvalue weighted by molar-refractivity contribution is -0.126. The summed E-state index contributed by atoms with van der Waals surface area (Å²) in [5, 5.41) is 10.7. The van der Waals surface area contributed by atoms with Gasteiger partial charge in [0.1, 0.15) is 22.9 Å². The fourth-order valence-corrected chi connectivity index (χ4v) is 2.95. The molecule has 2 aromatic carbocycles. The van der Waals surface area contributed by atoms with Gasteiger partial charge < -0.3 is 24.3 Å². The van der Waals surface area contributed by atoms with Crippen molar-refractivity contribution in [3.05, 3.63) is 34.3 Å². The minimum absolute atomic E-state index is 0.159. The summed E-state index contributed by atoms with van der Waals surface area (Å²) < 4.78 is 20.7. The SMILES string of the molecule is COc1cc(Cl)c(NC(=O)C(N=Nc2cc(OC)c(OC)cc2Cl)C(C)=O)c(OC)c1. The lowest BCUT2D eigenvalue weighted by atomic mass is 10.2. The number of halogens is 2. The summed E-state index contributed by atoms with van der Waals surface area (Å²) in [6.07, 6.45) is 0. The third-order valence-corrected chi connectivity index (χ3v) is 4.70. The van der Waals surface area contributed by atoms with Crippen molar-refractivity contribution in [1.29, 1.82) is 0 Å². The van der Waals surface area contributed by atoms with Gasteiger partial charge >= 0.3 is 0 Å². The van der Waals surface area contributed by atoms with Crippen molar-refractivity contribution in [2.75, 3.05) is 33.8 Å². The number of carbonyl (C=O) groups excluding carboxylic acids is 2. The van der Waals surface area contributed by atoms with Crippen molar-refractivity contribution in [3.63, 3.8) is 0 Å². The molecule has 1 atom stereocenters. The van der Waals surface area contributed by atoms with Gasteiger partial charge in [-0.1, -0.05) is 23.2 Å². The molecule has 1 unspecified atom stereocenters. The molecule has 0 fully saturated rings. The van der Waals surface area contributed by atoms with Gasteiger partial charge in [0, 0.05) is 24.3 Å². The van der Waals surface area contributed by atoms with Gasteiger partial charge in [-0.15, -0.1) is 0 Å². The maximum atomic E-state index is 12.7. The van der Waals surface area contributed by atoms with Crippen molar-refractivity contribution in [2.24, 2.45) is 10.2 Å². The Labute approximate surface area is 189 Å². The summed E-state index contributed by atoms with van der Waals surface area (Å²) in [5.74, 6) is 0.151. The number of nitrogens with one attached hydrogen (secondary N) is 1. The van der Waals surface area contributed by atoms with Crippen LogP contribution in [-0.2, 0) is 9.59 Å². The number of anilines is 1. The molecular formula is C20H21Cl2N3O6. The number of ketones is 1. The average molecular weight is 470 g/mol. The molecule has 1 N–H and O–H groups in total. The van der Waals surface area contributed by atoms with Crippen LogP contribution in [-0.4, -0.2) is 46.2 Å². The van der Waals surface area contributed by atoms with Gasteiger partial charge in [-0.05, 0) is 6.92 Å². The minimum Gasteiger partial charge on any atom is -0.497 e. The summed E-state index contributed by atoms with van der Waals surface area (Å²) in [6.45, 7) is 1.21. The first-order valence-corrected chi connectivity index (χ1v) is 9.56. The number of hydrogen-bond acceptors (Lipinski definition) is 8. The van der Waals surface area contributed by atoms with E-state index in [4.69, 9.17) is 42.1 Å². The van der Waals surface area contributed by atoms with E-state index in [1.54, 1.807) is 0 Å². The molecule has 0 spiro atoms. The Bertz CT molecular complexity index is 1010. The molecule has 2 rings (SSSR count). The quantitative estimate of drug-likeness (QED) is 0.420. The smallest absolute Gasteiger partial charge is 0.258 e. The maximum Gasteiger partial charge on any atom is 0.258 e. The zero-order chi connectivity index (χ0) is 23.1. The number of methoxy groups -OCH3 is 4. The Morgan fingerprint density at radius 3 is 2.03 bits per heavy atom. The summed E-state index contributed by atoms with van der Waals surface area (Å²) in [5.41, 5.74) is 0.360. The molecule has 0 aliphatic rings. The van der Waals surface area contributed by atoms with Crippen molar-refractivity contribution < 1.29 is 28.5 Å². The first-order chi connectivity index (χ1) is 14.7. The van der Waals surface area contributed by atoms with E-state index in [9.17, 15) is 9.59 Å². The van der Waals surface area contributed by atoms with Crippen LogP contribution >= 0.6 is 23.2 Å². The highest BCUT2D eigenvalue weighted by atomic mass is 35.5. The predicted molar refractivity (Wildman–Crippen MR) is 117 cm³/mol. The molecule has 31 heavy (non-hydrogen) atoms. The van der Waals surface area contributed by atoms with Crippen LogP contribution in [0.15, 0.2) is 34.5 Å². The molecule has 9 nitrogen and oxygen atoms in total. The highest BCUT2D eigenvalue weighted by Gasteiger charge is 2.26. The van der Waals surface area contributed by atoms with Crippen LogP contribution in [0.25, 0.3) is 0 Å². The van der Waals surface area contributed by atoms with E-state index < -0.39 is 17.7 Å². The van der Waals surface area contributed by atoms with E-state index in [1.165, 1.54) is 59.6 Å². The molecule has 2 aromatic rings. The van der Waals surface area contributed by atoms with Crippen molar-refractivity contribution in [2.45, 2.75) is 13.0 Å². The van der Waals surface area contributed by atoms with Gasteiger partial charge in [-0.25, -0.2) is 0 Å². The summed E-state index contributed by atoms with van der Waals surface area (Å²) in [7, 11) is 5.78. The molecule has 0 saturated heterocycles. The predicted octanol–water partition coefficient (Wildman–Crippen LogP) is 4.71. The topological polar surface area (TPSA) is 108 Å². The van der Waals surface area contributed by atoms with Crippen molar-refractivity contribution in [1.82, 2.24) is 0 Å². The molecule has 0 radical (unpaired) electrons. The summed E-state index contributed by atoms with van der Waals surface area (Å²) in [6, 6.07) is 4.54. The van der Waals surface area contributed by atoms with Crippen LogP contribution in [0.4, 0.5) is 11.4 Å². The van der Waals surface area contributed by atoms with Gasteiger partial charge in [0.2, 0.25) is 6.04 Å². The lowest BCUT2D eigenvalue weighted by Crippen LogP contribution is -2.32. The van der Waals surface area contributed by atoms with Gasteiger partial charge in [0.05, 0.1) is 38.5 Å². The molecular weight excluding hydrogens is 449 g/mol. The zero-order valence-corrected chi connectivity index (χ0v) is 19.0. The Morgan fingerprint density at radius 1 is 0.871 bits per heavy atom. The number of ether oxygens (including phenoxy) is 4. The zero-order valence-electron chi connectivity index (χ0n) is 17.5. The highest BCUT2D eigenvalue weighted by molar-refractivity contribution is 6.34. The molecule has 1 amide bonds. The Hall–Kier alpha value is -3.04. The number of nitrogens with zero attached hydrogens (tertiary/aromatic N) is 2. The standard InChI is InChI=1S/C20H21Cl2N3O6/c1-10(26)18(25-24-14-9-16(30-4)15(29-3)8-12(14)21)20(27)23-19-13(22)6-11(28-2)7-17(19)31-5/h6-9,18H,1-5H3,(H,23,27). The van der Waals surface area contributed by atoms with E-state index in [0.717, 1.165) is 0 Å². The number of Topliss-reactive ketones (excluding diaryl/α,β-unsaturated/α-hetero) is 1. The van der Waals surface area contributed by atoms with Gasteiger partial charge in [-0.3, -0.25) is 9.59 Å². The Balaban J connectivity index is 2.34. The summed E-state index contributed by atoms with van der Waals surface area (Å²) >= 11 is 12.4. The third-order valence-electron chi connectivity index (χ3n) is 4.10. The molecule has 166 valence electrons. The van der Waals surface area contributed by atoms with Gasteiger partial charge in [0.15, 0.2) is 17.3 Å². The normalized spacial score (nSPS) is 11.7. The largest absolute Gasteiger partial charge is 0.497 e. The van der Waals surface area contributed by atoms with Crippen LogP contribution in [0.3, 0.4) is 0 Å². The van der Waals surface area contributed by atoms with Gasteiger partial charge in [0.25, 0.3) is 5.91 Å². The Kier molecular flexibility index (Phi) is 8.47. The van der Waals surface area contributed by atoms with Crippen LogP contribution in [0.2, 0.25) is 10.0 Å². The molecule has 0 aromatic heterocycles. The molecule has 0 heterocycles. The first-order valence-electron chi connectivity index (χ1n) is 8.80. The van der Waals surface area contributed by atoms with Crippen LogP contribution < -0.4 is 24.3 Å². The van der Waals surface area contributed by atoms with Crippen molar-refractivity contribution >= 4 is 46.3 Å². The molecule has 0 saturated carbocycles. The Morgan fingerprint density at radius 2 is 1.48 bits per heavy atom. The van der Waals surface area contributed by atoms with E-state index in [0.29, 0.717) is 17.2 Å².